The molecule has 2 aromatic rings. The first-order valence-corrected chi connectivity index (χ1v) is 7.56. The van der Waals surface area contributed by atoms with E-state index in [9.17, 15) is 4.79 Å². The van der Waals surface area contributed by atoms with Gasteiger partial charge in [0.25, 0.3) is 0 Å². The Labute approximate surface area is 141 Å². The van der Waals surface area contributed by atoms with E-state index in [4.69, 9.17) is 26.3 Å². The summed E-state index contributed by atoms with van der Waals surface area (Å²) in [5.74, 6) is -0.0107. The van der Waals surface area contributed by atoms with Crippen LogP contribution in [0.2, 0.25) is 5.02 Å². The van der Waals surface area contributed by atoms with Gasteiger partial charge in [-0.05, 0) is 47.1 Å². The highest BCUT2D eigenvalue weighted by Gasteiger charge is 2.17. The molecule has 0 saturated heterocycles. The topological polar surface area (TPSA) is 59.3 Å². The molecule has 4 nitrogen and oxygen atoms in total. The van der Waals surface area contributed by atoms with Gasteiger partial charge in [0.05, 0.1) is 28.3 Å². The van der Waals surface area contributed by atoms with E-state index in [2.05, 4.69) is 15.9 Å². The van der Waals surface area contributed by atoms with Crippen molar-refractivity contribution in [2.75, 3.05) is 6.61 Å². The Morgan fingerprint density at radius 2 is 2.14 bits per heavy atom. The maximum Gasteiger partial charge on any atom is 0.343 e. The van der Waals surface area contributed by atoms with Gasteiger partial charge in [0.15, 0.2) is 11.5 Å². The van der Waals surface area contributed by atoms with E-state index in [1.165, 1.54) is 12.1 Å². The van der Waals surface area contributed by atoms with E-state index in [1.54, 1.807) is 31.2 Å². The third-order valence-corrected chi connectivity index (χ3v) is 3.52. The number of esters is 1. The first kappa shape index (κ1) is 16.3. The maximum atomic E-state index is 12.2. The summed E-state index contributed by atoms with van der Waals surface area (Å²) in [6.45, 7) is 2.18. The maximum absolute atomic E-state index is 12.2. The molecular weight excluding hydrogens is 370 g/mol. The Morgan fingerprint density at radius 3 is 2.77 bits per heavy atom. The van der Waals surface area contributed by atoms with Crippen molar-refractivity contribution in [3.63, 3.8) is 0 Å². The SMILES string of the molecule is CCOc1cc(C#N)cc(Br)c1OC(=O)c1cccc(Cl)c1. The zero-order valence-corrected chi connectivity index (χ0v) is 13.9. The van der Waals surface area contributed by atoms with Gasteiger partial charge in [0.2, 0.25) is 0 Å². The molecule has 0 bridgehead atoms. The van der Waals surface area contributed by atoms with Gasteiger partial charge >= 0.3 is 5.97 Å². The Bertz CT molecular complexity index is 756. The summed E-state index contributed by atoms with van der Waals surface area (Å²) >= 11 is 9.16. The van der Waals surface area contributed by atoms with Crippen molar-refractivity contribution in [3.8, 4) is 17.6 Å². The Balaban J connectivity index is 2.36. The van der Waals surface area contributed by atoms with Crippen molar-refractivity contribution < 1.29 is 14.3 Å². The number of nitriles is 1. The van der Waals surface area contributed by atoms with Crippen molar-refractivity contribution in [2.45, 2.75) is 6.92 Å². The summed E-state index contributed by atoms with van der Waals surface area (Å²) in [4.78, 5) is 12.2. The zero-order valence-electron chi connectivity index (χ0n) is 11.6. The number of hydrogen-bond acceptors (Lipinski definition) is 4. The molecule has 6 heteroatoms. The van der Waals surface area contributed by atoms with Crippen LogP contribution in [0.25, 0.3) is 0 Å². The van der Waals surface area contributed by atoms with E-state index in [0.717, 1.165) is 0 Å². The average Bonchev–Trinajstić information content (AvgIpc) is 2.50. The van der Waals surface area contributed by atoms with Crippen molar-refractivity contribution >= 4 is 33.5 Å². The standard InChI is InChI=1S/C16H11BrClNO3/c1-2-21-14-7-10(9-19)6-13(17)15(14)22-16(20)11-4-3-5-12(18)8-11/h3-8H,2H2,1H3. The van der Waals surface area contributed by atoms with Gasteiger partial charge in [-0.3, -0.25) is 0 Å². The van der Waals surface area contributed by atoms with Gasteiger partial charge in [-0.15, -0.1) is 0 Å². The highest BCUT2D eigenvalue weighted by atomic mass is 79.9. The average molecular weight is 381 g/mol. The summed E-state index contributed by atoms with van der Waals surface area (Å²) in [5.41, 5.74) is 0.726. The van der Waals surface area contributed by atoms with Crippen molar-refractivity contribution in [1.82, 2.24) is 0 Å². The van der Waals surface area contributed by atoms with Crippen LogP contribution in [0, 0.1) is 11.3 Å². The second-order valence-corrected chi connectivity index (χ2v) is 5.52. The molecule has 0 unspecified atom stereocenters. The fraction of sp³-hybridized carbons (Fsp3) is 0.125. The molecule has 0 radical (unpaired) electrons. The molecule has 0 saturated carbocycles. The van der Waals surface area contributed by atoms with Gasteiger partial charge in [-0.2, -0.15) is 5.26 Å². The van der Waals surface area contributed by atoms with Gasteiger partial charge < -0.3 is 9.47 Å². The summed E-state index contributed by atoms with van der Waals surface area (Å²) in [7, 11) is 0. The van der Waals surface area contributed by atoms with Crippen LogP contribution in [0.1, 0.15) is 22.8 Å². The molecule has 0 aliphatic rings. The largest absolute Gasteiger partial charge is 0.490 e. The highest BCUT2D eigenvalue weighted by Crippen LogP contribution is 2.37. The number of carbonyl (C=O) groups is 1. The fourth-order valence-electron chi connectivity index (χ4n) is 1.76. The summed E-state index contributed by atoms with van der Waals surface area (Å²) in [5, 5.41) is 9.43. The lowest BCUT2D eigenvalue weighted by Crippen LogP contribution is -2.10. The number of halogens is 2. The van der Waals surface area contributed by atoms with Crippen molar-refractivity contribution in [1.29, 1.82) is 5.26 Å². The summed E-state index contributed by atoms with van der Waals surface area (Å²) in [6.07, 6.45) is 0. The summed E-state index contributed by atoms with van der Waals surface area (Å²) < 4.78 is 11.3. The van der Waals surface area contributed by atoms with Gasteiger partial charge in [0, 0.05) is 11.1 Å². The van der Waals surface area contributed by atoms with Crippen LogP contribution in [0.3, 0.4) is 0 Å². The van der Waals surface area contributed by atoms with Crippen LogP contribution >= 0.6 is 27.5 Å². The molecule has 0 aliphatic carbocycles. The number of hydrogen-bond donors (Lipinski definition) is 0. The number of benzene rings is 2. The second kappa shape index (κ2) is 7.30. The smallest absolute Gasteiger partial charge is 0.343 e. The van der Waals surface area contributed by atoms with Crippen LogP contribution in [-0.2, 0) is 0 Å². The van der Waals surface area contributed by atoms with Crippen LogP contribution in [0.15, 0.2) is 40.9 Å². The van der Waals surface area contributed by atoms with Gasteiger partial charge in [-0.1, -0.05) is 17.7 Å². The molecule has 2 rings (SSSR count). The van der Waals surface area contributed by atoms with E-state index in [0.29, 0.717) is 33.0 Å². The number of carbonyl (C=O) groups excluding carboxylic acids is 1. The highest BCUT2D eigenvalue weighted by molar-refractivity contribution is 9.10. The van der Waals surface area contributed by atoms with E-state index in [-0.39, 0.29) is 5.75 Å². The lowest BCUT2D eigenvalue weighted by molar-refractivity contribution is 0.0727. The zero-order chi connectivity index (χ0) is 16.1. The third-order valence-electron chi connectivity index (χ3n) is 2.69. The Morgan fingerprint density at radius 1 is 1.36 bits per heavy atom. The monoisotopic (exact) mass is 379 g/mol. The molecule has 0 fully saturated rings. The molecule has 0 amide bonds. The quantitative estimate of drug-likeness (QED) is 0.575. The minimum Gasteiger partial charge on any atom is -0.490 e. The van der Waals surface area contributed by atoms with Crippen molar-refractivity contribution in [2.24, 2.45) is 0 Å². The van der Waals surface area contributed by atoms with E-state index < -0.39 is 5.97 Å². The molecule has 2 aromatic carbocycles. The van der Waals surface area contributed by atoms with Crippen molar-refractivity contribution in [3.05, 3.63) is 57.0 Å². The predicted molar refractivity (Wildman–Crippen MR) is 86.4 cm³/mol. The molecule has 0 N–H and O–H groups in total. The number of nitrogens with zero attached hydrogens (tertiary/aromatic N) is 1. The first-order chi connectivity index (χ1) is 10.5. The predicted octanol–water partition coefficient (Wildman–Crippen LogP) is 4.59. The van der Waals surface area contributed by atoms with E-state index in [1.807, 2.05) is 6.07 Å². The lowest BCUT2D eigenvalue weighted by Gasteiger charge is -2.13. The minimum absolute atomic E-state index is 0.228. The molecule has 0 atom stereocenters. The van der Waals surface area contributed by atoms with Crippen LogP contribution in [-0.4, -0.2) is 12.6 Å². The third kappa shape index (κ3) is 3.79. The normalized spacial score (nSPS) is 9.91. The summed E-state index contributed by atoms with van der Waals surface area (Å²) in [6, 6.07) is 11.5. The lowest BCUT2D eigenvalue weighted by atomic mass is 10.2. The molecule has 22 heavy (non-hydrogen) atoms. The Kier molecular flexibility index (Phi) is 5.42. The van der Waals surface area contributed by atoms with Crippen LogP contribution in [0.4, 0.5) is 0 Å². The molecule has 0 aliphatic heterocycles. The minimum atomic E-state index is -0.561. The molecule has 0 heterocycles. The van der Waals surface area contributed by atoms with Gasteiger partial charge in [0.1, 0.15) is 0 Å². The van der Waals surface area contributed by atoms with Crippen LogP contribution < -0.4 is 9.47 Å². The van der Waals surface area contributed by atoms with Crippen LogP contribution in [0.5, 0.6) is 11.5 Å². The van der Waals surface area contributed by atoms with E-state index >= 15 is 0 Å². The molecule has 0 aromatic heterocycles. The first-order valence-electron chi connectivity index (χ1n) is 6.39. The number of ether oxygens (including phenoxy) is 2. The van der Waals surface area contributed by atoms with Gasteiger partial charge in [-0.25, -0.2) is 4.79 Å². The second-order valence-electron chi connectivity index (χ2n) is 4.23. The molecule has 0 spiro atoms. The fourth-order valence-corrected chi connectivity index (χ4v) is 2.47. The molecular formula is C16H11BrClNO3. The Hall–Kier alpha value is -2.03. The molecule has 112 valence electrons. The number of rotatable bonds is 4.